The first-order valence-electron chi connectivity index (χ1n) is 11.2. The summed E-state index contributed by atoms with van der Waals surface area (Å²) in [6.07, 6.45) is -4.07. The molecule has 0 aliphatic carbocycles. The summed E-state index contributed by atoms with van der Waals surface area (Å²) in [7, 11) is 1.43. The van der Waals surface area contributed by atoms with E-state index in [0.717, 1.165) is 0 Å². The number of rotatable bonds is 7. The highest BCUT2D eigenvalue weighted by molar-refractivity contribution is 6.15. The van der Waals surface area contributed by atoms with Crippen LogP contribution < -0.4 is 19.7 Å². The van der Waals surface area contributed by atoms with E-state index in [1.165, 1.54) is 41.1 Å². The average Bonchev–Trinajstić information content (AvgIpc) is 3.28. The van der Waals surface area contributed by atoms with Crippen LogP contribution >= 0.6 is 0 Å². The van der Waals surface area contributed by atoms with Crippen molar-refractivity contribution in [2.24, 2.45) is 0 Å². The van der Waals surface area contributed by atoms with E-state index in [-0.39, 0.29) is 28.6 Å². The molecule has 4 rings (SSSR count). The fourth-order valence-electron chi connectivity index (χ4n) is 3.99. The Morgan fingerprint density at radius 2 is 1.97 bits per heavy atom. The number of methoxy groups -OCH3 is 1. The van der Waals surface area contributed by atoms with Crippen LogP contribution in [0, 0.1) is 11.3 Å². The van der Waals surface area contributed by atoms with E-state index < -0.39 is 31.0 Å². The van der Waals surface area contributed by atoms with Gasteiger partial charge in [0.15, 0.2) is 0 Å². The van der Waals surface area contributed by atoms with Gasteiger partial charge in [0.05, 0.1) is 50.0 Å². The van der Waals surface area contributed by atoms with Gasteiger partial charge in [-0.3, -0.25) is 14.3 Å². The molecule has 0 radical (unpaired) electrons. The third-order valence-electron chi connectivity index (χ3n) is 5.73. The Hall–Kier alpha value is -4.53. The number of hydrogen-bond acceptors (Lipinski definition) is 6. The maximum Gasteiger partial charge on any atom is 0.392 e. The second-order valence-corrected chi connectivity index (χ2v) is 8.30. The van der Waals surface area contributed by atoms with Gasteiger partial charge in [-0.05, 0) is 49.4 Å². The predicted molar refractivity (Wildman–Crippen MR) is 127 cm³/mol. The molecular formula is C25H22F3N5O4. The van der Waals surface area contributed by atoms with Crippen LogP contribution in [-0.4, -0.2) is 47.5 Å². The summed E-state index contributed by atoms with van der Waals surface area (Å²) in [6, 6.07) is 12.4. The summed E-state index contributed by atoms with van der Waals surface area (Å²) >= 11 is 0. The third kappa shape index (κ3) is 5.50. The summed E-state index contributed by atoms with van der Waals surface area (Å²) in [5.41, 5.74) is 1.22. The minimum absolute atomic E-state index is 0.0586. The number of halogens is 3. The molecule has 2 amide bonds. The summed E-state index contributed by atoms with van der Waals surface area (Å²) in [6.45, 7) is 1.62. The molecule has 1 N–H and O–H groups in total. The molecule has 0 fully saturated rings. The molecule has 1 atom stereocenters. The molecule has 0 bridgehead atoms. The number of ether oxygens (including phenoxy) is 2. The fourth-order valence-corrected chi connectivity index (χ4v) is 3.99. The molecule has 0 spiro atoms. The summed E-state index contributed by atoms with van der Waals surface area (Å²) in [5.74, 6) is -0.433. The van der Waals surface area contributed by atoms with Gasteiger partial charge in [0.25, 0.3) is 11.8 Å². The topological polar surface area (TPSA) is 109 Å². The number of hydrogen-bond donors (Lipinski definition) is 1. The van der Waals surface area contributed by atoms with Crippen molar-refractivity contribution in [2.45, 2.75) is 32.1 Å². The molecule has 0 saturated heterocycles. The lowest BCUT2D eigenvalue weighted by Crippen LogP contribution is -2.47. The van der Waals surface area contributed by atoms with Crippen LogP contribution in [0.3, 0.4) is 0 Å². The van der Waals surface area contributed by atoms with E-state index >= 15 is 0 Å². The standard InChI is InChI=1S/C25H22F3N5O4/c1-15-14-32-22(20(13-30-32)23(34)31-17-3-8-21(36-2)16(11-17)12-29)24(35)33(15)18-4-6-19(7-5-18)37-10-9-25(26,27)28/h3-8,11,13,15H,9-10,14H2,1-2H3,(H,31,34)/t15-/m0/s1. The SMILES string of the molecule is COc1ccc(NC(=O)c2cnn3c2C(=O)N(c2ccc(OCCC(F)(F)F)cc2)[C@@H](C)C3)cc1C#N. The monoisotopic (exact) mass is 513 g/mol. The van der Waals surface area contributed by atoms with Crippen LogP contribution in [0.2, 0.25) is 0 Å². The number of fused-ring (bicyclic) bond motifs is 1. The number of nitrogens with zero attached hydrogens (tertiary/aromatic N) is 4. The largest absolute Gasteiger partial charge is 0.495 e. The van der Waals surface area contributed by atoms with E-state index in [9.17, 15) is 28.0 Å². The van der Waals surface area contributed by atoms with Crippen LogP contribution in [0.15, 0.2) is 48.7 Å². The van der Waals surface area contributed by atoms with Crippen LogP contribution in [0.1, 0.15) is 39.8 Å². The number of benzene rings is 2. The molecule has 9 nitrogen and oxygen atoms in total. The predicted octanol–water partition coefficient (Wildman–Crippen LogP) is 4.40. The second kappa shape index (κ2) is 10.2. The number of carbonyl (C=O) groups excluding carboxylic acids is 2. The van der Waals surface area contributed by atoms with Crippen molar-refractivity contribution in [3.05, 3.63) is 65.5 Å². The highest BCUT2D eigenvalue weighted by Crippen LogP contribution is 2.29. The van der Waals surface area contributed by atoms with Crippen LogP contribution in [0.5, 0.6) is 11.5 Å². The third-order valence-corrected chi connectivity index (χ3v) is 5.73. The maximum atomic E-state index is 13.5. The maximum absolute atomic E-state index is 13.5. The molecule has 1 aromatic heterocycles. The number of nitrogens with one attached hydrogen (secondary N) is 1. The fraction of sp³-hybridized carbons (Fsp3) is 0.280. The van der Waals surface area contributed by atoms with Crippen molar-refractivity contribution in [3.63, 3.8) is 0 Å². The molecule has 1 aliphatic heterocycles. The Kier molecular flexibility index (Phi) is 7.06. The molecule has 1 aliphatic rings. The highest BCUT2D eigenvalue weighted by Gasteiger charge is 2.36. The second-order valence-electron chi connectivity index (χ2n) is 8.30. The first kappa shape index (κ1) is 25.6. The van der Waals surface area contributed by atoms with Gasteiger partial charge in [-0.1, -0.05) is 0 Å². The molecule has 3 aromatic rings. The zero-order chi connectivity index (χ0) is 26.7. The minimum Gasteiger partial charge on any atom is -0.495 e. The van der Waals surface area contributed by atoms with Crippen LogP contribution in [0.4, 0.5) is 24.5 Å². The number of carbonyl (C=O) groups is 2. The number of anilines is 2. The van der Waals surface area contributed by atoms with Crippen molar-refractivity contribution in [2.75, 3.05) is 23.9 Å². The summed E-state index contributed by atoms with van der Waals surface area (Å²) < 4.78 is 48.7. The van der Waals surface area contributed by atoms with Gasteiger partial charge >= 0.3 is 6.18 Å². The summed E-state index contributed by atoms with van der Waals surface area (Å²) in [4.78, 5) is 28.0. The van der Waals surface area contributed by atoms with Crippen molar-refractivity contribution in [3.8, 4) is 17.6 Å². The van der Waals surface area contributed by atoms with Crippen molar-refractivity contribution >= 4 is 23.2 Å². The number of alkyl halides is 3. The Morgan fingerprint density at radius 1 is 1.24 bits per heavy atom. The molecular weight excluding hydrogens is 491 g/mol. The van der Waals surface area contributed by atoms with Crippen LogP contribution in [-0.2, 0) is 6.54 Å². The van der Waals surface area contributed by atoms with E-state index in [4.69, 9.17) is 9.47 Å². The van der Waals surface area contributed by atoms with Gasteiger partial charge in [-0.25, -0.2) is 0 Å². The van der Waals surface area contributed by atoms with Crippen molar-refractivity contribution in [1.29, 1.82) is 5.26 Å². The number of aromatic nitrogens is 2. The van der Waals surface area contributed by atoms with E-state index in [1.807, 2.05) is 13.0 Å². The average molecular weight is 513 g/mol. The van der Waals surface area contributed by atoms with Gasteiger partial charge in [-0.2, -0.15) is 23.5 Å². The molecule has 2 aromatic carbocycles. The molecule has 0 unspecified atom stereocenters. The van der Waals surface area contributed by atoms with Crippen molar-refractivity contribution in [1.82, 2.24) is 9.78 Å². The molecule has 37 heavy (non-hydrogen) atoms. The number of nitriles is 1. The molecule has 0 saturated carbocycles. The Morgan fingerprint density at radius 3 is 2.62 bits per heavy atom. The van der Waals surface area contributed by atoms with E-state index in [0.29, 0.717) is 23.7 Å². The van der Waals surface area contributed by atoms with Gasteiger partial charge in [0.1, 0.15) is 23.3 Å². The van der Waals surface area contributed by atoms with Gasteiger partial charge < -0.3 is 19.7 Å². The summed E-state index contributed by atoms with van der Waals surface area (Å²) in [5, 5.41) is 16.2. The smallest absolute Gasteiger partial charge is 0.392 e. The lowest BCUT2D eigenvalue weighted by atomic mass is 10.1. The van der Waals surface area contributed by atoms with E-state index in [2.05, 4.69) is 10.4 Å². The minimum atomic E-state index is -4.31. The van der Waals surface area contributed by atoms with Crippen molar-refractivity contribution < 1.29 is 32.2 Å². The first-order chi connectivity index (χ1) is 17.6. The zero-order valence-corrected chi connectivity index (χ0v) is 19.9. The quantitative estimate of drug-likeness (QED) is 0.502. The number of amides is 2. The lowest BCUT2D eigenvalue weighted by molar-refractivity contribution is -0.139. The molecule has 12 heteroatoms. The lowest BCUT2D eigenvalue weighted by Gasteiger charge is -2.34. The highest BCUT2D eigenvalue weighted by atomic mass is 19.4. The van der Waals surface area contributed by atoms with Gasteiger partial charge in [0, 0.05) is 11.4 Å². The first-order valence-corrected chi connectivity index (χ1v) is 11.2. The Balaban J connectivity index is 1.53. The molecule has 192 valence electrons. The molecule has 2 heterocycles. The normalized spacial score (nSPS) is 15.1. The zero-order valence-electron chi connectivity index (χ0n) is 19.9. The van der Waals surface area contributed by atoms with Crippen LogP contribution in [0.25, 0.3) is 0 Å². The van der Waals surface area contributed by atoms with Gasteiger partial charge in [-0.15, -0.1) is 0 Å². The van der Waals surface area contributed by atoms with E-state index in [1.54, 1.807) is 24.3 Å². The Bertz CT molecular complexity index is 1360. The van der Waals surface area contributed by atoms with Gasteiger partial charge in [0.2, 0.25) is 0 Å². The Labute approximate surface area is 210 Å².